The van der Waals surface area contributed by atoms with E-state index in [1.54, 1.807) is 0 Å². The molecule has 2 nitrogen and oxygen atoms in total. The zero-order chi connectivity index (χ0) is 13.0. The number of benzene rings is 1. The fourth-order valence-electron chi connectivity index (χ4n) is 3.90. The molecule has 19 heavy (non-hydrogen) atoms. The van der Waals surface area contributed by atoms with Gasteiger partial charge in [-0.05, 0) is 49.3 Å². The second-order valence-corrected chi connectivity index (χ2v) is 6.97. The highest BCUT2D eigenvalue weighted by Gasteiger charge is 2.44. The summed E-state index contributed by atoms with van der Waals surface area (Å²) >= 11 is 3.71. The van der Waals surface area contributed by atoms with Crippen LogP contribution in [0, 0.1) is 5.92 Å². The third-order valence-electron chi connectivity index (χ3n) is 4.98. The minimum Gasteiger partial charge on any atom is -0.339 e. The molecular weight excluding hydrogens is 302 g/mol. The molecule has 1 amide bonds. The predicted octanol–water partition coefficient (Wildman–Crippen LogP) is 3.49. The number of carbonyl (C=O) groups excluding carboxylic acids is 1. The van der Waals surface area contributed by atoms with Crippen LogP contribution in [0.3, 0.4) is 0 Å². The molecular formula is C16H18BrNO. The van der Waals surface area contributed by atoms with Crippen molar-refractivity contribution in [2.45, 2.75) is 44.1 Å². The molecule has 2 fully saturated rings. The van der Waals surface area contributed by atoms with E-state index in [0.29, 0.717) is 23.8 Å². The van der Waals surface area contributed by atoms with E-state index in [-0.39, 0.29) is 0 Å². The molecule has 0 N–H and O–H groups in total. The molecule has 1 saturated carbocycles. The lowest BCUT2D eigenvalue weighted by Crippen LogP contribution is -2.40. The molecule has 0 aromatic heterocycles. The van der Waals surface area contributed by atoms with Gasteiger partial charge in [-0.15, -0.1) is 0 Å². The normalized spacial score (nSPS) is 29.0. The lowest BCUT2D eigenvalue weighted by Gasteiger charge is -2.34. The summed E-state index contributed by atoms with van der Waals surface area (Å²) in [5.41, 5.74) is 2.96. The third-order valence-corrected chi connectivity index (χ3v) is 5.67. The second-order valence-electron chi connectivity index (χ2n) is 6.12. The van der Waals surface area contributed by atoms with Crippen LogP contribution >= 0.6 is 15.9 Å². The first-order chi connectivity index (χ1) is 9.25. The second kappa shape index (κ2) is 4.34. The van der Waals surface area contributed by atoms with Gasteiger partial charge in [0.2, 0.25) is 5.91 Å². The van der Waals surface area contributed by atoms with E-state index < -0.39 is 0 Å². The van der Waals surface area contributed by atoms with E-state index in [4.69, 9.17) is 0 Å². The molecule has 0 spiro atoms. The molecule has 0 radical (unpaired) electrons. The van der Waals surface area contributed by atoms with Gasteiger partial charge in [0, 0.05) is 28.9 Å². The third kappa shape index (κ3) is 1.85. The topological polar surface area (TPSA) is 20.3 Å². The maximum atomic E-state index is 12.4. The van der Waals surface area contributed by atoms with E-state index in [1.807, 2.05) is 0 Å². The van der Waals surface area contributed by atoms with E-state index in [0.717, 1.165) is 38.6 Å². The standard InChI is InChI=1S/C16H18BrNO/c17-13-3-1-2-10-6-7-14-12(15(10)13)8-9-18(14)16(19)11-4-5-11/h1-3,11-12,14H,4-9H2/t12-,14-/m1/s1. The first-order valence-corrected chi connectivity index (χ1v) is 8.13. The van der Waals surface area contributed by atoms with Crippen molar-refractivity contribution < 1.29 is 4.79 Å². The van der Waals surface area contributed by atoms with Gasteiger partial charge in [0.1, 0.15) is 0 Å². The van der Waals surface area contributed by atoms with Gasteiger partial charge in [0.25, 0.3) is 0 Å². The number of aryl methyl sites for hydroxylation is 1. The molecule has 0 unspecified atom stereocenters. The van der Waals surface area contributed by atoms with E-state index in [2.05, 4.69) is 39.0 Å². The molecule has 1 saturated heterocycles. The molecule has 100 valence electrons. The fraction of sp³-hybridized carbons (Fsp3) is 0.562. The Morgan fingerprint density at radius 3 is 2.84 bits per heavy atom. The first kappa shape index (κ1) is 12.0. The maximum absolute atomic E-state index is 12.4. The summed E-state index contributed by atoms with van der Waals surface area (Å²) in [7, 11) is 0. The lowest BCUT2D eigenvalue weighted by molar-refractivity contribution is -0.133. The van der Waals surface area contributed by atoms with Gasteiger partial charge in [-0.25, -0.2) is 0 Å². The van der Waals surface area contributed by atoms with Gasteiger partial charge in [-0.1, -0.05) is 28.1 Å². The Labute approximate surface area is 122 Å². The number of nitrogens with zero attached hydrogens (tertiary/aromatic N) is 1. The van der Waals surface area contributed by atoms with E-state index in [9.17, 15) is 4.79 Å². The lowest BCUT2D eigenvalue weighted by atomic mass is 9.79. The molecule has 0 bridgehead atoms. The Hall–Kier alpha value is -0.830. The number of likely N-dealkylation sites (tertiary alicyclic amines) is 1. The van der Waals surface area contributed by atoms with Gasteiger partial charge >= 0.3 is 0 Å². The van der Waals surface area contributed by atoms with Crippen molar-refractivity contribution >= 4 is 21.8 Å². The molecule has 1 aromatic carbocycles. The Kier molecular flexibility index (Phi) is 2.73. The number of hydrogen-bond donors (Lipinski definition) is 0. The van der Waals surface area contributed by atoms with Crippen LogP contribution in [0.5, 0.6) is 0 Å². The van der Waals surface area contributed by atoms with Gasteiger partial charge in [-0.3, -0.25) is 4.79 Å². The average molecular weight is 320 g/mol. The Bertz CT molecular complexity index is 538. The number of hydrogen-bond acceptors (Lipinski definition) is 1. The zero-order valence-electron chi connectivity index (χ0n) is 10.9. The van der Waals surface area contributed by atoms with Gasteiger partial charge in [-0.2, -0.15) is 0 Å². The smallest absolute Gasteiger partial charge is 0.225 e. The van der Waals surface area contributed by atoms with Crippen molar-refractivity contribution in [1.82, 2.24) is 4.90 Å². The highest BCUT2D eigenvalue weighted by Crippen LogP contribution is 2.46. The molecule has 3 aliphatic rings. The monoisotopic (exact) mass is 319 g/mol. The number of amides is 1. The predicted molar refractivity (Wildman–Crippen MR) is 78.0 cm³/mol. The quantitative estimate of drug-likeness (QED) is 0.776. The average Bonchev–Trinajstić information content (AvgIpc) is 3.17. The van der Waals surface area contributed by atoms with Crippen LogP contribution in [-0.2, 0) is 11.2 Å². The molecule has 1 aliphatic heterocycles. The Morgan fingerprint density at radius 1 is 1.21 bits per heavy atom. The molecule has 1 heterocycles. The summed E-state index contributed by atoms with van der Waals surface area (Å²) in [4.78, 5) is 14.6. The largest absolute Gasteiger partial charge is 0.339 e. The number of halogens is 1. The zero-order valence-corrected chi connectivity index (χ0v) is 12.5. The van der Waals surface area contributed by atoms with Crippen molar-refractivity contribution in [2.75, 3.05) is 6.54 Å². The minimum absolute atomic E-state index is 0.361. The molecule has 2 aliphatic carbocycles. The molecule has 2 atom stereocenters. The highest BCUT2D eigenvalue weighted by atomic mass is 79.9. The number of rotatable bonds is 1. The molecule has 1 aromatic rings. The van der Waals surface area contributed by atoms with Crippen LogP contribution in [0.15, 0.2) is 22.7 Å². The summed E-state index contributed by atoms with van der Waals surface area (Å²) in [6.07, 6.45) is 5.63. The summed E-state index contributed by atoms with van der Waals surface area (Å²) in [6.45, 7) is 0.964. The molecule has 3 heteroatoms. The first-order valence-electron chi connectivity index (χ1n) is 7.33. The van der Waals surface area contributed by atoms with Crippen LogP contribution in [0.25, 0.3) is 0 Å². The highest BCUT2D eigenvalue weighted by molar-refractivity contribution is 9.10. The van der Waals surface area contributed by atoms with Crippen molar-refractivity contribution in [3.05, 3.63) is 33.8 Å². The van der Waals surface area contributed by atoms with Crippen molar-refractivity contribution in [3.8, 4) is 0 Å². The SMILES string of the molecule is O=C(C1CC1)N1CC[C@H]2c3c(Br)cccc3CC[C@H]21. The summed E-state index contributed by atoms with van der Waals surface area (Å²) < 4.78 is 1.24. The van der Waals surface area contributed by atoms with Crippen LogP contribution in [0.2, 0.25) is 0 Å². The Balaban J connectivity index is 1.67. The Morgan fingerprint density at radius 2 is 2.05 bits per heavy atom. The van der Waals surface area contributed by atoms with Crippen LogP contribution in [0.1, 0.15) is 42.7 Å². The number of fused-ring (bicyclic) bond motifs is 3. The summed E-state index contributed by atoms with van der Waals surface area (Å²) in [6, 6.07) is 6.99. The van der Waals surface area contributed by atoms with Gasteiger partial charge in [0.15, 0.2) is 0 Å². The van der Waals surface area contributed by atoms with Crippen LogP contribution < -0.4 is 0 Å². The van der Waals surface area contributed by atoms with Crippen LogP contribution in [0.4, 0.5) is 0 Å². The number of carbonyl (C=O) groups is 1. The fourth-order valence-corrected chi connectivity index (χ4v) is 4.61. The summed E-state index contributed by atoms with van der Waals surface area (Å²) in [5, 5.41) is 0. The minimum atomic E-state index is 0.361. The van der Waals surface area contributed by atoms with Gasteiger partial charge in [0.05, 0.1) is 0 Å². The van der Waals surface area contributed by atoms with E-state index >= 15 is 0 Å². The van der Waals surface area contributed by atoms with Crippen LogP contribution in [-0.4, -0.2) is 23.4 Å². The van der Waals surface area contributed by atoms with E-state index in [1.165, 1.54) is 15.6 Å². The van der Waals surface area contributed by atoms with Gasteiger partial charge < -0.3 is 4.90 Å². The summed E-state index contributed by atoms with van der Waals surface area (Å²) in [5.74, 6) is 1.35. The maximum Gasteiger partial charge on any atom is 0.225 e. The van der Waals surface area contributed by atoms with Crippen molar-refractivity contribution in [2.24, 2.45) is 5.92 Å². The molecule has 4 rings (SSSR count). The van der Waals surface area contributed by atoms with Crippen molar-refractivity contribution in [3.63, 3.8) is 0 Å². The van der Waals surface area contributed by atoms with Crippen molar-refractivity contribution in [1.29, 1.82) is 0 Å².